The van der Waals surface area contributed by atoms with Gasteiger partial charge in [0.25, 0.3) is 5.91 Å². The zero-order valence-electron chi connectivity index (χ0n) is 17.4. The summed E-state index contributed by atoms with van der Waals surface area (Å²) in [6.07, 6.45) is 9.68. The van der Waals surface area contributed by atoms with Crippen LogP contribution in [0.3, 0.4) is 0 Å². The van der Waals surface area contributed by atoms with Crippen molar-refractivity contribution in [2.45, 2.75) is 31.1 Å². The molecule has 2 aromatic heterocycles. The molecule has 7 heteroatoms. The third-order valence-electron chi connectivity index (χ3n) is 6.43. The molecule has 1 aliphatic heterocycles. The highest BCUT2D eigenvalue weighted by Crippen LogP contribution is 2.44. The number of hydrogen-bond acceptors (Lipinski definition) is 5. The maximum atomic E-state index is 13.4. The van der Waals surface area contributed by atoms with Crippen LogP contribution in [0.1, 0.15) is 40.9 Å². The number of nitrogens with one attached hydrogen (secondary N) is 1. The Morgan fingerprint density at radius 2 is 2.10 bits per heavy atom. The topological polar surface area (TPSA) is 78.0 Å². The Labute approximate surface area is 176 Å². The average molecular weight is 403 g/mol. The van der Waals surface area contributed by atoms with Crippen molar-refractivity contribution in [1.29, 1.82) is 0 Å². The SMILES string of the molecule is CN(C)c1ncc2c(n1)C1(CCCN(C(=O)c3cccc(-c4cn[nH]c4)c3)C1)CC2. The van der Waals surface area contributed by atoms with Gasteiger partial charge in [-0.15, -0.1) is 0 Å². The van der Waals surface area contributed by atoms with Crippen LogP contribution in [0.5, 0.6) is 0 Å². The predicted octanol–water partition coefficient (Wildman–Crippen LogP) is 3.05. The third-order valence-corrected chi connectivity index (χ3v) is 6.43. The van der Waals surface area contributed by atoms with Gasteiger partial charge in [0.2, 0.25) is 5.95 Å². The van der Waals surface area contributed by atoms with E-state index in [0.29, 0.717) is 0 Å². The van der Waals surface area contributed by atoms with Crippen LogP contribution in [0, 0.1) is 0 Å². The molecule has 1 spiro atoms. The van der Waals surface area contributed by atoms with Crippen LogP contribution in [-0.4, -0.2) is 58.2 Å². The first-order valence-corrected chi connectivity index (χ1v) is 10.5. The molecule has 2 aliphatic rings. The minimum atomic E-state index is -0.0564. The van der Waals surface area contributed by atoms with Crippen molar-refractivity contribution in [3.05, 3.63) is 59.7 Å². The van der Waals surface area contributed by atoms with E-state index in [9.17, 15) is 4.79 Å². The number of carbonyl (C=O) groups excluding carboxylic acids is 1. The Balaban J connectivity index is 1.43. The van der Waals surface area contributed by atoms with E-state index in [1.54, 1.807) is 6.20 Å². The van der Waals surface area contributed by atoms with Crippen molar-refractivity contribution in [3.63, 3.8) is 0 Å². The fourth-order valence-corrected chi connectivity index (χ4v) is 4.87. The summed E-state index contributed by atoms with van der Waals surface area (Å²) in [6.45, 7) is 1.51. The molecule has 1 amide bonds. The summed E-state index contributed by atoms with van der Waals surface area (Å²) < 4.78 is 0. The largest absolute Gasteiger partial charge is 0.347 e. The summed E-state index contributed by atoms with van der Waals surface area (Å²) in [6, 6.07) is 7.81. The smallest absolute Gasteiger partial charge is 0.253 e. The van der Waals surface area contributed by atoms with Crippen LogP contribution in [-0.2, 0) is 11.8 Å². The van der Waals surface area contributed by atoms with Gasteiger partial charge in [0.05, 0.1) is 11.9 Å². The molecule has 1 aliphatic carbocycles. The van der Waals surface area contributed by atoms with Gasteiger partial charge in [0.15, 0.2) is 0 Å². The lowest BCUT2D eigenvalue weighted by Crippen LogP contribution is -2.48. The molecule has 7 nitrogen and oxygen atoms in total. The number of hydrogen-bond donors (Lipinski definition) is 1. The van der Waals surface area contributed by atoms with Gasteiger partial charge in [-0.1, -0.05) is 12.1 Å². The van der Waals surface area contributed by atoms with E-state index in [-0.39, 0.29) is 11.3 Å². The van der Waals surface area contributed by atoms with Gasteiger partial charge < -0.3 is 9.80 Å². The van der Waals surface area contributed by atoms with Crippen molar-refractivity contribution in [3.8, 4) is 11.1 Å². The highest BCUT2D eigenvalue weighted by atomic mass is 16.2. The molecule has 1 N–H and O–H groups in total. The van der Waals surface area contributed by atoms with Crippen LogP contribution < -0.4 is 4.90 Å². The molecule has 5 rings (SSSR count). The summed E-state index contributed by atoms with van der Waals surface area (Å²) in [5, 5.41) is 6.85. The highest BCUT2D eigenvalue weighted by Gasteiger charge is 2.45. The summed E-state index contributed by atoms with van der Waals surface area (Å²) in [7, 11) is 3.93. The number of likely N-dealkylation sites (tertiary alicyclic amines) is 1. The first-order chi connectivity index (χ1) is 14.6. The summed E-state index contributed by atoms with van der Waals surface area (Å²) in [4.78, 5) is 26.8. The Hall–Kier alpha value is -3.22. The maximum Gasteiger partial charge on any atom is 0.253 e. The number of aromatic amines is 1. The lowest BCUT2D eigenvalue weighted by molar-refractivity contribution is 0.0633. The van der Waals surface area contributed by atoms with Gasteiger partial charge in [-0.05, 0) is 48.9 Å². The standard InChI is InChI=1S/C23H26N6O/c1-28(2)22-24-12-18-7-9-23(20(18)27-22)8-4-10-29(15-23)21(30)17-6-3-5-16(11-17)19-13-25-26-14-19/h3,5-6,11-14H,4,7-10,15H2,1-2H3,(H,25,26). The molecule has 1 atom stereocenters. The van der Waals surface area contributed by atoms with Crippen LogP contribution in [0.4, 0.5) is 5.95 Å². The molecule has 154 valence electrons. The normalized spacial score (nSPS) is 20.4. The Kier molecular flexibility index (Phi) is 4.53. The van der Waals surface area contributed by atoms with Gasteiger partial charge >= 0.3 is 0 Å². The van der Waals surface area contributed by atoms with E-state index < -0.39 is 0 Å². The molecule has 0 bridgehead atoms. The van der Waals surface area contributed by atoms with E-state index in [4.69, 9.17) is 4.98 Å². The summed E-state index contributed by atoms with van der Waals surface area (Å²) in [5.41, 5.74) is 5.02. The van der Waals surface area contributed by atoms with Gasteiger partial charge in [-0.25, -0.2) is 9.97 Å². The molecule has 1 fully saturated rings. The lowest BCUT2D eigenvalue weighted by Gasteiger charge is -2.40. The number of aryl methyl sites for hydroxylation is 1. The molecule has 3 heterocycles. The van der Waals surface area contributed by atoms with E-state index in [2.05, 4.69) is 15.2 Å². The van der Waals surface area contributed by atoms with Gasteiger partial charge in [-0.3, -0.25) is 9.89 Å². The fraction of sp³-hybridized carbons (Fsp3) is 0.391. The number of amides is 1. The van der Waals surface area contributed by atoms with E-state index >= 15 is 0 Å². The quantitative estimate of drug-likeness (QED) is 0.729. The van der Waals surface area contributed by atoms with Crippen LogP contribution >= 0.6 is 0 Å². The number of nitrogens with zero attached hydrogens (tertiary/aromatic N) is 5. The van der Waals surface area contributed by atoms with Crippen LogP contribution in [0.15, 0.2) is 42.9 Å². The number of carbonyl (C=O) groups is 1. The molecule has 1 aromatic carbocycles. The zero-order valence-corrected chi connectivity index (χ0v) is 17.4. The van der Waals surface area contributed by atoms with E-state index in [1.165, 1.54) is 5.56 Å². The highest BCUT2D eigenvalue weighted by molar-refractivity contribution is 5.95. The number of anilines is 1. The van der Waals surface area contributed by atoms with Crippen molar-refractivity contribution in [2.24, 2.45) is 0 Å². The van der Waals surface area contributed by atoms with Crippen molar-refractivity contribution >= 4 is 11.9 Å². The van der Waals surface area contributed by atoms with E-state index in [1.807, 2.05) is 60.6 Å². The zero-order chi connectivity index (χ0) is 20.7. The number of benzene rings is 1. The van der Waals surface area contributed by atoms with E-state index in [0.717, 1.165) is 67.1 Å². The van der Waals surface area contributed by atoms with Crippen molar-refractivity contribution in [1.82, 2.24) is 25.1 Å². The Morgan fingerprint density at radius 3 is 2.90 bits per heavy atom. The molecule has 1 unspecified atom stereocenters. The second kappa shape index (κ2) is 7.23. The monoisotopic (exact) mass is 402 g/mol. The number of H-pyrrole nitrogens is 1. The first kappa shape index (κ1) is 18.8. The summed E-state index contributed by atoms with van der Waals surface area (Å²) in [5.74, 6) is 0.834. The predicted molar refractivity (Wildman–Crippen MR) is 116 cm³/mol. The van der Waals surface area contributed by atoms with Crippen molar-refractivity contribution < 1.29 is 4.79 Å². The number of rotatable bonds is 3. The maximum absolute atomic E-state index is 13.4. The molecule has 0 saturated carbocycles. The number of fused-ring (bicyclic) bond motifs is 2. The summed E-state index contributed by atoms with van der Waals surface area (Å²) >= 11 is 0. The molecular formula is C23H26N6O. The van der Waals surface area contributed by atoms with Crippen LogP contribution in [0.2, 0.25) is 0 Å². The third kappa shape index (κ3) is 3.14. The van der Waals surface area contributed by atoms with Crippen molar-refractivity contribution in [2.75, 3.05) is 32.1 Å². The van der Waals surface area contributed by atoms with Gasteiger partial charge in [0, 0.05) is 56.1 Å². The molecule has 30 heavy (non-hydrogen) atoms. The average Bonchev–Trinajstić information content (AvgIpc) is 3.43. The minimum absolute atomic E-state index is 0.0564. The lowest BCUT2D eigenvalue weighted by atomic mass is 9.77. The Bertz CT molecular complexity index is 1070. The number of aromatic nitrogens is 4. The molecule has 3 aromatic rings. The fourth-order valence-electron chi connectivity index (χ4n) is 4.87. The minimum Gasteiger partial charge on any atom is -0.347 e. The van der Waals surface area contributed by atoms with Gasteiger partial charge in [-0.2, -0.15) is 5.10 Å². The molecule has 0 radical (unpaired) electrons. The number of piperidine rings is 1. The second-order valence-corrected chi connectivity index (χ2v) is 8.62. The van der Waals surface area contributed by atoms with Crippen LogP contribution in [0.25, 0.3) is 11.1 Å². The molecular weight excluding hydrogens is 376 g/mol. The Morgan fingerprint density at radius 1 is 1.20 bits per heavy atom. The van der Waals surface area contributed by atoms with Gasteiger partial charge in [0.1, 0.15) is 0 Å². The first-order valence-electron chi connectivity index (χ1n) is 10.5. The molecule has 1 saturated heterocycles. The second-order valence-electron chi connectivity index (χ2n) is 8.62.